The molecule has 0 heterocycles. The Morgan fingerprint density at radius 1 is 0.739 bits per heavy atom. The highest BCUT2D eigenvalue weighted by atomic mass is 35.5. The molecule has 114 valence electrons. The van der Waals surface area contributed by atoms with Gasteiger partial charge in [-0.25, -0.2) is 0 Å². The minimum Gasteiger partial charge on any atom is -0.379 e. The average Bonchev–Trinajstić information content (AvgIpc) is 2.61. The number of para-hydroxylation sites is 1. The van der Waals surface area contributed by atoms with Gasteiger partial charge < -0.3 is 5.32 Å². The Kier molecular flexibility index (Phi) is 5.02. The lowest BCUT2D eigenvalue weighted by molar-refractivity contribution is 1.14. The molecule has 0 aliphatic rings. The summed E-state index contributed by atoms with van der Waals surface area (Å²) in [5.74, 6) is 0. The van der Waals surface area contributed by atoms with Crippen molar-refractivity contribution in [1.29, 1.82) is 0 Å². The number of azo groups is 1. The SMILES string of the molecule is Clc1ccc(N=Nc2ccccc2NCc2ccccc2)cc1. The molecule has 0 saturated heterocycles. The predicted molar refractivity (Wildman–Crippen MR) is 95.8 cm³/mol. The normalized spacial score (nSPS) is 10.8. The number of rotatable bonds is 5. The van der Waals surface area contributed by atoms with E-state index in [0.29, 0.717) is 5.02 Å². The van der Waals surface area contributed by atoms with Crippen molar-refractivity contribution in [3.8, 4) is 0 Å². The second kappa shape index (κ2) is 7.56. The molecular weight excluding hydrogens is 306 g/mol. The molecule has 0 atom stereocenters. The number of hydrogen-bond donors (Lipinski definition) is 1. The number of hydrogen-bond acceptors (Lipinski definition) is 3. The highest BCUT2D eigenvalue weighted by Gasteiger charge is 2.00. The van der Waals surface area contributed by atoms with Gasteiger partial charge in [0, 0.05) is 11.6 Å². The molecule has 3 rings (SSSR count). The van der Waals surface area contributed by atoms with Gasteiger partial charge in [0.15, 0.2) is 0 Å². The number of benzene rings is 3. The average molecular weight is 322 g/mol. The standard InChI is InChI=1S/C19H16ClN3/c20-16-10-12-17(13-11-16)22-23-19-9-5-4-8-18(19)21-14-15-6-2-1-3-7-15/h1-13,21H,14H2. The molecule has 0 radical (unpaired) electrons. The van der Waals surface area contributed by atoms with E-state index in [2.05, 4.69) is 27.7 Å². The molecule has 4 heteroatoms. The second-order valence-electron chi connectivity index (χ2n) is 5.03. The quantitative estimate of drug-likeness (QED) is 0.545. The van der Waals surface area contributed by atoms with Gasteiger partial charge in [-0.15, -0.1) is 5.11 Å². The summed E-state index contributed by atoms with van der Waals surface area (Å²) in [5, 5.41) is 12.7. The first-order chi connectivity index (χ1) is 11.3. The maximum atomic E-state index is 5.87. The zero-order valence-corrected chi connectivity index (χ0v) is 13.2. The van der Waals surface area contributed by atoms with Gasteiger partial charge in [0.25, 0.3) is 0 Å². The maximum absolute atomic E-state index is 5.87. The summed E-state index contributed by atoms with van der Waals surface area (Å²) in [6.07, 6.45) is 0. The van der Waals surface area contributed by atoms with Gasteiger partial charge in [-0.1, -0.05) is 54.1 Å². The smallest absolute Gasteiger partial charge is 0.109 e. The fourth-order valence-electron chi connectivity index (χ4n) is 2.12. The Bertz CT molecular complexity index is 783. The lowest BCUT2D eigenvalue weighted by Gasteiger charge is -2.08. The van der Waals surface area contributed by atoms with Crippen molar-refractivity contribution in [1.82, 2.24) is 0 Å². The van der Waals surface area contributed by atoms with Crippen molar-refractivity contribution in [3.63, 3.8) is 0 Å². The third-order valence-corrected chi connectivity index (χ3v) is 3.58. The Hall–Kier alpha value is -2.65. The summed E-state index contributed by atoms with van der Waals surface area (Å²) in [4.78, 5) is 0. The van der Waals surface area contributed by atoms with Crippen LogP contribution in [0.5, 0.6) is 0 Å². The number of nitrogens with zero attached hydrogens (tertiary/aromatic N) is 2. The van der Waals surface area contributed by atoms with Crippen LogP contribution in [0, 0.1) is 0 Å². The van der Waals surface area contributed by atoms with E-state index in [0.717, 1.165) is 23.6 Å². The molecule has 0 bridgehead atoms. The van der Waals surface area contributed by atoms with Crippen molar-refractivity contribution in [2.45, 2.75) is 6.54 Å². The third-order valence-electron chi connectivity index (χ3n) is 3.33. The molecule has 0 aromatic heterocycles. The minimum absolute atomic E-state index is 0.689. The van der Waals surface area contributed by atoms with Gasteiger partial charge >= 0.3 is 0 Å². The minimum atomic E-state index is 0.689. The molecule has 0 saturated carbocycles. The molecular formula is C19H16ClN3. The van der Waals surface area contributed by atoms with E-state index < -0.39 is 0 Å². The first-order valence-electron chi connectivity index (χ1n) is 7.35. The fourth-order valence-corrected chi connectivity index (χ4v) is 2.25. The van der Waals surface area contributed by atoms with Crippen molar-refractivity contribution < 1.29 is 0 Å². The molecule has 0 amide bonds. The molecule has 3 aromatic rings. The Morgan fingerprint density at radius 2 is 1.43 bits per heavy atom. The zero-order valence-electron chi connectivity index (χ0n) is 12.5. The van der Waals surface area contributed by atoms with E-state index in [1.165, 1.54) is 5.56 Å². The van der Waals surface area contributed by atoms with Gasteiger partial charge in [-0.05, 0) is 42.0 Å². The zero-order chi connectivity index (χ0) is 15.9. The predicted octanol–water partition coefficient (Wildman–Crippen LogP) is 6.37. The lowest BCUT2D eigenvalue weighted by Crippen LogP contribution is -1.98. The summed E-state index contributed by atoms with van der Waals surface area (Å²) >= 11 is 5.87. The van der Waals surface area contributed by atoms with Crippen LogP contribution in [0.4, 0.5) is 17.1 Å². The summed E-state index contributed by atoms with van der Waals surface area (Å²) < 4.78 is 0. The van der Waals surface area contributed by atoms with Crippen molar-refractivity contribution >= 4 is 28.7 Å². The van der Waals surface area contributed by atoms with Gasteiger partial charge in [0.05, 0.1) is 11.4 Å². The molecule has 0 aliphatic heterocycles. The molecule has 1 N–H and O–H groups in total. The first kappa shape index (κ1) is 15.3. The van der Waals surface area contributed by atoms with Crippen molar-refractivity contribution in [3.05, 3.63) is 89.4 Å². The van der Waals surface area contributed by atoms with Crippen molar-refractivity contribution in [2.75, 3.05) is 5.32 Å². The van der Waals surface area contributed by atoms with E-state index in [1.807, 2.05) is 54.6 Å². The van der Waals surface area contributed by atoms with E-state index in [-0.39, 0.29) is 0 Å². The Labute approximate surface area is 140 Å². The summed E-state index contributed by atoms with van der Waals surface area (Å²) in [7, 11) is 0. The monoisotopic (exact) mass is 321 g/mol. The van der Waals surface area contributed by atoms with Crippen LogP contribution in [0.3, 0.4) is 0 Å². The molecule has 0 fully saturated rings. The highest BCUT2D eigenvalue weighted by molar-refractivity contribution is 6.30. The lowest BCUT2D eigenvalue weighted by atomic mass is 10.2. The van der Waals surface area contributed by atoms with Crippen LogP contribution in [-0.2, 0) is 6.54 Å². The number of anilines is 1. The number of halogens is 1. The van der Waals surface area contributed by atoms with E-state index in [1.54, 1.807) is 12.1 Å². The van der Waals surface area contributed by atoms with Crippen molar-refractivity contribution in [2.24, 2.45) is 10.2 Å². The fraction of sp³-hybridized carbons (Fsp3) is 0.0526. The topological polar surface area (TPSA) is 36.8 Å². The first-order valence-corrected chi connectivity index (χ1v) is 7.73. The van der Waals surface area contributed by atoms with Crippen LogP contribution in [0.2, 0.25) is 5.02 Å². The van der Waals surface area contributed by atoms with E-state index in [4.69, 9.17) is 11.6 Å². The van der Waals surface area contributed by atoms with Crippen LogP contribution in [0.25, 0.3) is 0 Å². The Morgan fingerprint density at radius 3 is 2.22 bits per heavy atom. The van der Waals surface area contributed by atoms with Crippen LogP contribution in [0.15, 0.2) is 89.1 Å². The summed E-state index contributed by atoms with van der Waals surface area (Å²) in [6.45, 7) is 0.744. The van der Waals surface area contributed by atoms with Gasteiger partial charge in [0.2, 0.25) is 0 Å². The molecule has 3 nitrogen and oxygen atoms in total. The molecule has 3 aromatic carbocycles. The van der Waals surface area contributed by atoms with Crippen LogP contribution in [-0.4, -0.2) is 0 Å². The van der Waals surface area contributed by atoms with Gasteiger partial charge in [-0.2, -0.15) is 5.11 Å². The second-order valence-corrected chi connectivity index (χ2v) is 5.47. The van der Waals surface area contributed by atoms with E-state index in [9.17, 15) is 0 Å². The third kappa shape index (κ3) is 4.41. The van der Waals surface area contributed by atoms with E-state index >= 15 is 0 Å². The van der Waals surface area contributed by atoms with Crippen LogP contribution >= 0.6 is 11.6 Å². The Balaban J connectivity index is 1.73. The maximum Gasteiger partial charge on any atom is 0.109 e. The van der Waals surface area contributed by atoms with Gasteiger partial charge in [0.1, 0.15) is 5.69 Å². The summed E-state index contributed by atoms with van der Waals surface area (Å²) in [6, 6.07) is 25.4. The molecule has 0 unspecified atom stereocenters. The highest BCUT2D eigenvalue weighted by Crippen LogP contribution is 2.27. The summed E-state index contributed by atoms with van der Waals surface area (Å²) in [5.41, 5.74) is 3.75. The molecule has 0 spiro atoms. The molecule has 0 aliphatic carbocycles. The van der Waals surface area contributed by atoms with Crippen LogP contribution in [0.1, 0.15) is 5.56 Å². The largest absolute Gasteiger partial charge is 0.379 e. The van der Waals surface area contributed by atoms with Gasteiger partial charge in [-0.3, -0.25) is 0 Å². The molecule has 23 heavy (non-hydrogen) atoms. The van der Waals surface area contributed by atoms with Crippen LogP contribution < -0.4 is 5.32 Å². The number of nitrogens with one attached hydrogen (secondary N) is 1.